The number of hydrogen-bond donors (Lipinski definition) is 2. The van der Waals surface area contributed by atoms with Crippen LogP contribution in [0.3, 0.4) is 0 Å². The first-order valence-electron chi connectivity index (χ1n) is 8.62. The molecule has 2 heterocycles. The Labute approximate surface area is 148 Å². The Morgan fingerprint density at radius 3 is 2.76 bits per heavy atom. The molecule has 2 aromatic rings. The number of rotatable bonds is 4. The first kappa shape index (κ1) is 17.2. The summed E-state index contributed by atoms with van der Waals surface area (Å²) < 4.78 is 1.81. The van der Waals surface area contributed by atoms with Crippen molar-refractivity contribution in [1.82, 2.24) is 14.8 Å². The zero-order valence-corrected chi connectivity index (χ0v) is 15.4. The number of fused-ring (bicyclic) bond motifs is 1. The minimum absolute atomic E-state index is 0.0937. The minimum Gasteiger partial charge on any atom is -0.328 e. The molecule has 0 unspecified atom stereocenters. The maximum atomic E-state index is 13.1. The van der Waals surface area contributed by atoms with Crippen LogP contribution in [0.15, 0.2) is 35.8 Å². The van der Waals surface area contributed by atoms with Crippen LogP contribution in [0.2, 0.25) is 0 Å². The van der Waals surface area contributed by atoms with E-state index >= 15 is 0 Å². The summed E-state index contributed by atoms with van der Waals surface area (Å²) in [5, 5.41) is 10.6. The minimum atomic E-state index is -0.121. The molecule has 2 N–H and O–H groups in total. The number of carbonyl (C=O) groups is 1. The van der Waals surface area contributed by atoms with Crippen molar-refractivity contribution in [2.45, 2.75) is 47.1 Å². The predicted molar refractivity (Wildman–Crippen MR) is 99.4 cm³/mol. The van der Waals surface area contributed by atoms with Crippen LogP contribution in [-0.4, -0.2) is 20.7 Å². The summed E-state index contributed by atoms with van der Waals surface area (Å²) in [6.07, 6.45) is 2.35. The number of nitrogens with zero attached hydrogens (tertiary/aromatic N) is 3. The number of carbonyl (C=O) groups excluding carboxylic acids is 1. The molecule has 1 aromatic heterocycles. The summed E-state index contributed by atoms with van der Waals surface area (Å²) in [5.41, 5.74) is 4.61. The van der Waals surface area contributed by atoms with Crippen molar-refractivity contribution in [3.63, 3.8) is 0 Å². The highest BCUT2D eigenvalue weighted by Crippen LogP contribution is 2.34. The average molecular weight is 339 g/mol. The van der Waals surface area contributed by atoms with E-state index in [2.05, 4.69) is 40.6 Å². The van der Waals surface area contributed by atoms with Crippen molar-refractivity contribution in [2.24, 2.45) is 5.92 Å². The number of aryl methyl sites for hydroxylation is 2. The Balaban J connectivity index is 1.93. The van der Waals surface area contributed by atoms with Crippen molar-refractivity contribution in [3.8, 4) is 0 Å². The molecule has 1 atom stereocenters. The second-order valence-corrected chi connectivity index (χ2v) is 7.11. The van der Waals surface area contributed by atoms with Gasteiger partial charge in [0.25, 0.3) is 5.91 Å². The Kier molecular flexibility index (Phi) is 4.61. The molecular weight excluding hydrogens is 314 g/mol. The third-order valence-corrected chi connectivity index (χ3v) is 4.47. The summed E-state index contributed by atoms with van der Waals surface area (Å²) in [7, 11) is 0. The van der Waals surface area contributed by atoms with Crippen molar-refractivity contribution in [1.29, 1.82) is 0 Å². The normalized spacial score (nSPS) is 16.6. The molecule has 1 aliphatic heterocycles. The fourth-order valence-electron chi connectivity index (χ4n) is 3.30. The van der Waals surface area contributed by atoms with E-state index in [9.17, 15) is 4.79 Å². The molecule has 3 rings (SSSR count). The smallest absolute Gasteiger partial charge is 0.255 e. The number of amides is 1. The second kappa shape index (κ2) is 6.70. The molecule has 1 aromatic carbocycles. The Hall–Kier alpha value is -2.63. The lowest BCUT2D eigenvalue weighted by Crippen LogP contribution is -2.31. The van der Waals surface area contributed by atoms with E-state index in [4.69, 9.17) is 0 Å². The molecule has 0 saturated heterocycles. The lowest BCUT2D eigenvalue weighted by Gasteiger charge is -2.29. The highest BCUT2D eigenvalue weighted by Gasteiger charge is 2.32. The van der Waals surface area contributed by atoms with Gasteiger partial charge < -0.3 is 10.6 Å². The first-order chi connectivity index (χ1) is 11.9. The molecule has 0 fully saturated rings. The monoisotopic (exact) mass is 339 g/mol. The van der Waals surface area contributed by atoms with Crippen LogP contribution in [0.1, 0.15) is 44.4 Å². The van der Waals surface area contributed by atoms with Gasteiger partial charge in [0.2, 0.25) is 5.95 Å². The molecule has 0 radical (unpaired) electrons. The number of benzene rings is 1. The predicted octanol–water partition coefficient (Wildman–Crippen LogP) is 3.82. The van der Waals surface area contributed by atoms with Crippen molar-refractivity contribution < 1.29 is 4.79 Å². The molecule has 0 saturated carbocycles. The van der Waals surface area contributed by atoms with Crippen LogP contribution >= 0.6 is 0 Å². The molecule has 0 aliphatic carbocycles. The molecule has 6 heteroatoms. The molecule has 1 amide bonds. The van der Waals surface area contributed by atoms with E-state index in [0.717, 1.165) is 23.4 Å². The molecule has 25 heavy (non-hydrogen) atoms. The van der Waals surface area contributed by atoms with E-state index in [-0.39, 0.29) is 11.9 Å². The highest BCUT2D eigenvalue weighted by atomic mass is 16.1. The Morgan fingerprint density at radius 2 is 2.08 bits per heavy atom. The molecule has 0 bridgehead atoms. The van der Waals surface area contributed by atoms with Gasteiger partial charge in [-0.3, -0.25) is 4.79 Å². The largest absolute Gasteiger partial charge is 0.328 e. The summed E-state index contributed by atoms with van der Waals surface area (Å²) in [4.78, 5) is 17.3. The standard InChI is InChI=1S/C19H25N5O/c1-11(2)8-16-17(14(5)22-19-20-10-21-24(16)19)18(25)23-15-7-6-12(3)9-13(15)4/h6-7,9-11,16H,8H2,1-5H3,(H,23,25)(H,20,21,22)/t16-/m1/s1. The maximum absolute atomic E-state index is 13.1. The van der Waals surface area contributed by atoms with Crippen LogP contribution in [0, 0.1) is 19.8 Å². The van der Waals surface area contributed by atoms with E-state index in [1.165, 1.54) is 11.9 Å². The average Bonchev–Trinajstić information content (AvgIpc) is 2.97. The number of allylic oxidation sites excluding steroid dienone is 1. The van der Waals surface area contributed by atoms with Crippen LogP contribution < -0.4 is 10.6 Å². The molecular formula is C19H25N5O. The van der Waals surface area contributed by atoms with Crippen molar-refractivity contribution >= 4 is 17.5 Å². The molecule has 0 spiro atoms. The van der Waals surface area contributed by atoms with E-state index < -0.39 is 0 Å². The molecule has 1 aliphatic rings. The summed E-state index contributed by atoms with van der Waals surface area (Å²) in [6, 6.07) is 5.90. The third kappa shape index (κ3) is 3.43. The van der Waals surface area contributed by atoms with Crippen LogP contribution in [0.5, 0.6) is 0 Å². The zero-order valence-electron chi connectivity index (χ0n) is 15.4. The first-order valence-corrected chi connectivity index (χ1v) is 8.62. The van der Waals surface area contributed by atoms with Gasteiger partial charge in [0.15, 0.2) is 0 Å². The van der Waals surface area contributed by atoms with Crippen LogP contribution in [0.25, 0.3) is 0 Å². The van der Waals surface area contributed by atoms with Gasteiger partial charge in [-0.25, -0.2) is 4.68 Å². The zero-order chi connectivity index (χ0) is 18.1. The van der Waals surface area contributed by atoms with Gasteiger partial charge >= 0.3 is 0 Å². The van der Waals surface area contributed by atoms with E-state index in [1.807, 2.05) is 37.6 Å². The lowest BCUT2D eigenvalue weighted by molar-refractivity contribution is -0.113. The van der Waals surface area contributed by atoms with Gasteiger partial charge in [-0.1, -0.05) is 31.5 Å². The topological polar surface area (TPSA) is 71.8 Å². The van der Waals surface area contributed by atoms with Gasteiger partial charge in [-0.2, -0.15) is 10.1 Å². The number of aromatic nitrogens is 3. The third-order valence-electron chi connectivity index (χ3n) is 4.47. The maximum Gasteiger partial charge on any atom is 0.255 e. The fourth-order valence-corrected chi connectivity index (χ4v) is 3.30. The summed E-state index contributed by atoms with van der Waals surface area (Å²) >= 11 is 0. The molecule has 132 valence electrons. The van der Waals surface area contributed by atoms with Gasteiger partial charge in [-0.05, 0) is 44.7 Å². The van der Waals surface area contributed by atoms with E-state index in [0.29, 0.717) is 17.4 Å². The number of nitrogens with one attached hydrogen (secondary N) is 2. The Bertz CT molecular complexity index is 834. The van der Waals surface area contributed by atoms with Gasteiger partial charge in [0.05, 0.1) is 11.6 Å². The number of anilines is 2. The van der Waals surface area contributed by atoms with Gasteiger partial charge in [0.1, 0.15) is 6.33 Å². The van der Waals surface area contributed by atoms with Crippen LogP contribution in [-0.2, 0) is 4.79 Å². The fraction of sp³-hybridized carbons (Fsp3) is 0.421. The van der Waals surface area contributed by atoms with E-state index in [1.54, 1.807) is 0 Å². The Morgan fingerprint density at radius 1 is 1.32 bits per heavy atom. The highest BCUT2D eigenvalue weighted by molar-refractivity contribution is 6.05. The quantitative estimate of drug-likeness (QED) is 0.888. The number of hydrogen-bond acceptors (Lipinski definition) is 4. The van der Waals surface area contributed by atoms with Crippen LogP contribution in [0.4, 0.5) is 11.6 Å². The van der Waals surface area contributed by atoms with Gasteiger partial charge in [-0.15, -0.1) is 0 Å². The van der Waals surface area contributed by atoms with Crippen molar-refractivity contribution in [3.05, 3.63) is 46.9 Å². The SMILES string of the molecule is CC1=C(C(=O)Nc2ccc(C)cc2C)[C@@H](CC(C)C)n2ncnc2N1. The summed E-state index contributed by atoms with van der Waals surface area (Å²) in [5.74, 6) is 1.02. The lowest BCUT2D eigenvalue weighted by atomic mass is 9.93. The molecule has 6 nitrogen and oxygen atoms in total. The summed E-state index contributed by atoms with van der Waals surface area (Å²) in [6.45, 7) is 10.3. The van der Waals surface area contributed by atoms with Gasteiger partial charge in [0, 0.05) is 11.4 Å². The van der Waals surface area contributed by atoms with Crippen molar-refractivity contribution in [2.75, 3.05) is 10.6 Å². The second-order valence-electron chi connectivity index (χ2n) is 7.11.